The number of nitrogens with one attached hydrogen (secondary N) is 1. The molecule has 126 valence electrons. The van der Waals surface area contributed by atoms with Crippen molar-refractivity contribution >= 4 is 23.6 Å². The molecule has 0 bridgehead atoms. The Labute approximate surface area is 144 Å². The Bertz CT molecular complexity index is 753. The number of anilines is 1. The Kier molecular flexibility index (Phi) is 6.14. The predicted molar refractivity (Wildman–Crippen MR) is 89.1 cm³/mol. The van der Waals surface area contributed by atoms with Crippen LogP contribution in [0, 0.1) is 11.3 Å². The average Bonchev–Trinajstić information content (AvgIpc) is 3.02. The molecule has 1 N–H and O–H groups in total. The van der Waals surface area contributed by atoms with E-state index in [1.54, 1.807) is 31.4 Å². The van der Waals surface area contributed by atoms with Crippen LogP contribution in [-0.4, -0.2) is 36.0 Å². The monoisotopic (exact) mass is 347 g/mol. The summed E-state index contributed by atoms with van der Waals surface area (Å²) in [4.78, 5) is 17.9. The molecule has 9 heteroatoms. The van der Waals surface area contributed by atoms with Crippen LogP contribution in [0.4, 0.5) is 5.88 Å². The first-order valence-electron chi connectivity index (χ1n) is 7.42. The molecule has 8 nitrogen and oxygen atoms in total. The number of carbonyl (C=O) groups is 1. The number of nitrogens with zero attached hydrogens (tertiary/aromatic N) is 5. The quantitative estimate of drug-likeness (QED) is 0.591. The van der Waals surface area contributed by atoms with Crippen LogP contribution >= 0.6 is 11.8 Å². The van der Waals surface area contributed by atoms with Gasteiger partial charge in [-0.15, -0.1) is 0 Å². The van der Waals surface area contributed by atoms with Gasteiger partial charge in [0.2, 0.25) is 11.2 Å². The molecule has 24 heavy (non-hydrogen) atoms. The second-order valence-corrected chi connectivity index (χ2v) is 6.15. The highest BCUT2D eigenvalue weighted by Gasteiger charge is 2.16. The number of hydrogen-bond donors (Lipinski definition) is 1. The summed E-state index contributed by atoms with van der Waals surface area (Å²) >= 11 is 1.23. The predicted octanol–water partition coefficient (Wildman–Crippen LogP) is 1.11. The summed E-state index contributed by atoms with van der Waals surface area (Å²) in [5, 5.41) is 17.8. The molecular weight excluding hydrogens is 328 g/mol. The summed E-state index contributed by atoms with van der Waals surface area (Å²) in [7, 11) is 3.59. The zero-order valence-corrected chi connectivity index (χ0v) is 14.6. The van der Waals surface area contributed by atoms with Crippen LogP contribution in [0.3, 0.4) is 0 Å². The summed E-state index contributed by atoms with van der Waals surface area (Å²) in [6, 6.07) is 5.69. The molecule has 1 amide bonds. The van der Waals surface area contributed by atoms with E-state index in [2.05, 4.69) is 28.6 Å². The van der Waals surface area contributed by atoms with Crippen molar-refractivity contribution in [1.82, 2.24) is 10.3 Å². The Morgan fingerprint density at radius 2 is 2.29 bits per heavy atom. The third-order valence-electron chi connectivity index (χ3n) is 3.01. The van der Waals surface area contributed by atoms with Gasteiger partial charge in [-0.25, -0.2) is 4.98 Å². The molecule has 0 aliphatic heterocycles. The Morgan fingerprint density at radius 1 is 1.50 bits per heavy atom. The molecule has 2 rings (SSSR count). The maximum absolute atomic E-state index is 12.0. The van der Waals surface area contributed by atoms with Crippen molar-refractivity contribution in [3.63, 3.8) is 0 Å². The van der Waals surface area contributed by atoms with Crippen LogP contribution in [0.15, 0.2) is 27.9 Å². The van der Waals surface area contributed by atoms with E-state index in [4.69, 9.17) is 9.78 Å². The number of nitriles is 1. The third-order valence-corrected chi connectivity index (χ3v) is 4.00. The maximum Gasteiger partial charge on any atom is 0.305 e. The zero-order chi connectivity index (χ0) is 17.5. The normalized spacial score (nSPS) is 10.2. The van der Waals surface area contributed by atoms with Crippen molar-refractivity contribution in [2.24, 2.45) is 0 Å². The van der Waals surface area contributed by atoms with Gasteiger partial charge in [0, 0.05) is 5.69 Å². The lowest BCUT2D eigenvalue weighted by Gasteiger charge is -2.05. The molecule has 0 aromatic carbocycles. The summed E-state index contributed by atoms with van der Waals surface area (Å²) in [5.74, 6) is 0.121. The number of aryl methyl sites for hydroxylation is 1. The van der Waals surface area contributed by atoms with Crippen LogP contribution in [0.1, 0.15) is 24.6 Å². The molecule has 0 saturated carbocycles. The number of hydrogen-bond acceptors (Lipinski definition) is 7. The van der Waals surface area contributed by atoms with Crippen molar-refractivity contribution in [2.45, 2.75) is 24.8 Å². The highest BCUT2D eigenvalue weighted by molar-refractivity contribution is 8.00. The minimum absolute atomic E-state index is 0.125. The molecule has 0 saturated heterocycles. The van der Waals surface area contributed by atoms with Crippen LogP contribution < -0.4 is 15.1 Å². The average molecular weight is 347 g/mol. The molecule has 0 aliphatic rings. The number of thioether (sulfide) groups is 1. The fourth-order valence-corrected chi connectivity index (χ4v) is 2.65. The van der Waals surface area contributed by atoms with Gasteiger partial charge in [0.15, 0.2) is 0 Å². The summed E-state index contributed by atoms with van der Waals surface area (Å²) in [6.07, 6.45) is 3.37. The molecule has 0 unspecified atom stereocenters. The Balaban J connectivity index is 1.97. The minimum Gasteiger partial charge on any atom is -0.288 e. The number of aromatic nitrogens is 3. The van der Waals surface area contributed by atoms with Gasteiger partial charge in [0.1, 0.15) is 11.1 Å². The van der Waals surface area contributed by atoms with E-state index in [0.29, 0.717) is 10.6 Å². The number of rotatable bonds is 7. The van der Waals surface area contributed by atoms with E-state index in [0.717, 1.165) is 18.5 Å². The van der Waals surface area contributed by atoms with Gasteiger partial charge >= 0.3 is 5.88 Å². The first kappa shape index (κ1) is 17.7. The first-order valence-corrected chi connectivity index (χ1v) is 8.41. The molecule has 0 spiro atoms. The zero-order valence-electron chi connectivity index (χ0n) is 13.8. The lowest BCUT2D eigenvalue weighted by Crippen LogP contribution is -2.53. The van der Waals surface area contributed by atoms with E-state index in [1.807, 2.05) is 6.07 Å². The van der Waals surface area contributed by atoms with E-state index in [1.165, 1.54) is 16.6 Å². The fourth-order valence-electron chi connectivity index (χ4n) is 1.86. The number of carbonyl (C=O) groups excluding carboxylic acids is 1. The van der Waals surface area contributed by atoms with Crippen molar-refractivity contribution < 1.29 is 14.1 Å². The topological polar surface area (TPSA) is 98.9 Å². The maximum atomic E-state index is 12.0. The minimum atomic E-state index is -0.256. The largest absolute Gasteiger partial charge is 0.305 e. The SMILES string of the molecule is CCCc1ccc(C#N)c(SCC(=O)Nc2c[n+](N(C)C)no2)n1. The second kappa shape index (κ2) is 8.31. The Morgan fingerprint density at radius 3 is 2.92 bits per heavy atom. The summed E-state index contributed by atoms with van der Waals surface area (Å²) in [6.45, 7) is 2.07. The van der Waals surface area contributed by atoms with Crippen LogP contribution in [0.2, 0.25) is 0 Å². The van der Waals surface area contributed by atoms with Crippen LogP contribution in [-0.2, 0) is 11.2 Å². The van der Waals surface area contributed by atoms with E-state index < -0.39 is 0 Å². The smallest absolute Gasteiger partial charge is 0.288 e. The van der Waals surface area contributed by atoms with Crippen molar-refractivity contribution in [1.29, 1.82) is 5.26 Å². The van der Waals surface area contributed by atoms with Crippen molar-refractivity contribution in [2.75, 3.05) is 30.2 Å². The lowest BCUT2D eigenvalue weighted by atomic mass is 10.2. The highest BCUT2D eigenvalue weighted by Crippen LogP contribution is 2.21. The van der Waals surface area contributed by atoms with Gasteiger partial charge in [-0.2, -0.15) is 10.3 Å². The molecule has 2 aromatic heterocycles. The number of amides is 1. The van der Waals surface area contributed by atoms with Gasteiger partial charge in [-0.1, -0.05) is 25.1 Å². The molecule has 2 heterocycles. The molecule has 0 fully saturated rings. The highest BCUT2D eigenvalue weighted by atomic mass is 32.2. The second-order valence-electron chi connectivity index (χ2n) is 5.19. The lowest BCUT2D eigenvalue weighted by molar-refractivity contribution is -0.753. The first-order chi connectivity index (χ1) is 11.5. The van der Waals surface area contributed by atoms with Gasteiger partial charge in [-0.3, -0.25) is 14.6 Å². The van der Waals surface area contributed by atoms with E-state index >= 15 is 0 Å². The molecule has 0 radical (unpaired) electrons. The Hall–Kier alpha value is -2.60. The summed E-state index contributed by atoms with van der Waals surface area (Å²) in [5.41, 5.74) is 1.39. The van der Waals surface area contributed by atoms with E-state index in [-0.39, 0.29) is 17.5 Å². The van der Waals surface area contributed by atoms with Gasteiger partial charge in [-0.05, 0) is 18.6 Å². The van der Waals surface area contributed by atoms with Crippen molar-refractivity contribution in [3.05, 3.63) is 29.6 Å². The van der Waals surface area contributed by atoms with Gasteiger partial charge < -0.3 is 0 Å². The molecular formula is C15H19N6O2S+. The van der Waals surface area contributed by atoms with Crippen LogP contribution in [0.5, 0.6) is 0 Å². The molecule has 2 aromatic rings. The van der Waals surface area contributed by atoms with Gasteiger partial charge in [0.05, 0.1) is 30.2 Å². The number of pyridine rings is 1. The van der Waals surface area contributed by atoms with Crippen molar-refractivity contribution in [3.8, 4) is 6.07 Å². The fraction of sp³-hybridized carbons (Fsp3) is 0.400. The van der Waals surface area contributed by atoms with E-state index in [9.17, 15) is 4.79 Å². The standard InChI is InChI=1S/C15H18N6O2S/c1-4-5-12-7-6-11(8-16)15(17-12)24-10-13(22)18-14-9-21(19-23-14)20(2)3/h6-7,9H,4-5,10H2,1-3H3/p+1. The molecule has 0 atom stereocenters. The van der Waals surface area contributed by atoms with Crippen LogP contribution in [0.25, 0.3) is 0 Å². The van der Waals surface area contributed by atoms with Gasteiger partial charge in [0.25, 0.3) is 6.20 Å². The summed E-state index contributed by atoms with van der Waals surface area (Å²) < 4.78 is 5.01. The third kappa shape index (κ3) is 4.70. The molecule has 0 aliphatic carbocycles.